The third kappa shape index (κ3) is 3.96. The maximum Gasteiger partial charge on any atom is 0.384 e. The molecule has 4 heteroatoms. The fourth-order valence-corrected chi connectivity index (χ4v) is 0.920. The zero-order valence-electron chi connectivity index (χ0n) is 8.88. The molecule has 0 bridgehead atoms. The first-order chi connectivity index (χ1) is 7.74. The summed E-state index contributed by atoms with van der Waals surface area (Å²) in [5.74, 6) is -1.34. The highest BCUT2D eigenvalue weighted by molar-refractivity contribution is 6.38. The van der Waals surface area contributed by atoms with Crippen LogP contribution in [0.5, 0.6) is 5.75 Å². The zero-order valence-corrected chi connectivity index (χ0v) is 8.88. The number of carbonyl (C=O) groups excluding carboxylic acids is 2. The quantitative estimate of drug-likeness (QED) is 0.249. The molecule has 16 heavy (non-hydrogen) atoms. The van der Waals surface area contributed by atoms with E-state index in [0.717, 1.165) is 6.08 Å². The standard InChI is InChI=1S/C12H12O4/c1-2-15-9-8-11(13)12(14)16-10-6-4-3-5-7-10/h3-9H,2H2,1H3. The summed E-state index contributed by atoms with van der Waals surface area (Å²) in [5, 5.41) is 0. The molecule has 0 aliphatic carbocycles. The average molecular weight is 220 g/mol. The molecule has 0 amide bonds. The molecule has 0 N–H and O–H groups in total. The van der Waals surface area contributed by atoms with Crippen LogP contribution in [0.1, 0.15) is 6.92 Å². The second kappa shape index (κ2) is 6.40. The zero-order chi connectivity index (χ0) is 11.8. The predicted molar refractivity (Wildman–Crippen MR) is 57.9 cm³/mol. The van der Waals surface area contributed by atoms with Crippen molar-refractivity contribution in [2.24, 2.45) is 0 Å². The van der Waals surface area contributed by atoms with E-state index in [1.165, 1.54) is 6.26 Å². The molecule has 1 rings (SSSR count). The summed E-state index contributed by atoms with van der Waals surface area (Å²) < 4.78 is 9.61. The van der Waals surface area contributed by atoms with E-state index in [2.05, 4.69) is 0 Å². The molecular weight excluding hydrogens is 208 g/mol. The van der Waals surface area contributed by atoms with Crippen LogP contribution in [0.25, 0.3) is 0 Å². The summed E-state index contributed by atoms with van der Waals surface area (Å²) in [6.07, 6.45) is 2.21. The van der Waals surface area contributed by atoms with Crippen LogP contribution in [0.2, 0.25) is 0 Å². The minimum Gasteiger partial charge on any atom is -0.501 e. The van der Waals surface area contributed by atoms with Gasteiger partial charge in [-0.15, -0.1) is 0 Å². The van der Waals surface area contributed by atoms with Crippen LogP contribution < -0.4 is 4.74 Å². The normalized spacial score (nSPS) is 10.1. The highest BCUT2D eigenvalue weighted by atomic mass is 16.5. The van der Waals surface area contributed by atoms with E-state index in [1.807, 2.05) is 0 Å². The first-order valence-electron chi connectivity index (χ1n) is 4.83. The molecule has 4 nitrogen and oxygen atoms in total. The van der Waals surface area contributed by atoms with Crippen molar-refractivity contribution in [2.45, 2.75) is 6.92 Å². The second-order valence-corrected chi connectivity index (χ2v) is 2.82. The fourth-order valence-electron chi connectivity index (χ4n) is 0.920. The summed E-state index contributed by atoms with van der Waals surface area (Å²) in [6.45, 7) is 2.22. The fraction of sp³-hybridized carbons (Fsp3) is 0.167. The van der Waals surface area contributed by atoms with Crippen LogP contribution in [0.3, 0.4) is 0 Å². The summed E-state index contributed by atoms with van der Waals surface area (Å²) >= 11 is 0. The van der Waals surface area contributed by atoms with Gasteiger partial charge in [-0.3, -0.25) is 4.79 Å². The number of rotatable bonds is 5. The van der Waals surface area contributed by atoms with Crippen LogP contribution in [-0.2, 0) is 14.3 Å². The number of ether oxygens (including phenoxy) is 2. The monoisotopic (exact) mass is 220 g/mol. The van der Waals surface area contributed by atoms with E-state index >= 15 is 0 Å². The molecule has 0 heterocycles. The Morgan fingerprint density at radius 2 is 1.94 bits per heavy atom. The van der Waals surface area contributed by atoms with Gasteiger partial charge < -0.3 is 9.47 Å². The lowest BCUT2D eigenvalue weighted by Crippen LogP contribution is -2.18. The molecule has 0 aliphatic rings. The Bertz CT molecular complexity index is 381. The third-order valence-electron chi connectivity index (χ3n) is 1.64. The highest BCUT2D eigenvalue weighted by Crippen LogP contribution is 2.08. The number of carbonyl (C=O) groups is 2. The molecule has 0 aromatic heterocycles. The van der Waals surface area contributed by atoms with Gasteiger partial charge in [0, 0.05) is 6.08 Å². The molecule has 0 atom stereocenters. The summed E-state index contributed by atoms with van der Waals surface area (Å²) in [5.41, 5.74) is 0. The van der Waals surface area contributed by atoms with Gasteiger partial charge in [0.05, 0.1) is 12.9 Å². The lowest BCUT2D eigenvalue weighted by atomic mass is 10.3. The number of para-hydroxylation sites is 1. The Labute approximate surface area is 93.5 Å². The van der Waals surface area contributed by atoms with Gasteiger partial charge in [-0.1, -0.05) is 18.2 Å². The van der Waals surface area contributed by atoms with Crippen molar-refractivity contribution < 1.29 is 19.1 Å². The Hall–Kier alpha value is -2.10. The van der Waals surface area contributed by atoms with Crippen LogP contribution in [0.15, 0.2) is 42.7 Å². The number of ketones is 1. The first kappa shape index (κ1) is 12.0. The minimum absolute atomic E-state index is 0.339. The molecule has 1 aromatic rings. The van der Waals surface area contributed by atoms with Crippen LogP contribution >= 0.6 is 0 Å². The predicted octanol–water partition coefficient (Wildman–Crippen LogP) is 1.71. The lowest BCUT2D eigenvalue weighted by Gasteiger charge is -2.00. The highest BCUT2D eigenvalue weighted by Gasteiger charge is 2.12. The maximum atomic E-state index is 11.2. The van der Waals surface area contributed by atoms with E-state index in [-0.39, 0.29) is 0 Å². The Morgan fingerprint density at radius 1 is 1.25 bits per heavy atom. The molecular formula is C12H12O4. The molecule has 0 radical (unpaired) electrons. The van der Waals surface area contributed by atoms with E-state index in [0.29, 0.717) is 12.4 Å². The molecule has 0 aliphatic heterocycles. The molecule has 0 saturated carbocycles. The van der Waals surface area contributed by atoms with Crippen LogP contribution in [0, 0.1) is 0 Å². The van der Waals surface area contributed by atoms with Gasteiger partial charge in [-0.2, -0.15) is 0 Å². The Balaban J connectivity index is 2.50. The van der Waals surface area contributed by atoms with Crippen molar-refractivity contribution in [2.75, 3.05) is 6.61 Å². The number of esters is 1. The van der Waals surface area contributed by atoms with Gasteiger partial charge in [-0.05, 0) is 19.1 Å². The topological polar surface area (TPSA) is 52.6 Å². The van der Waals surface area contributed by atoms with E-state index in [9.17, 15) is 9.59 Å². The minimum atomic E-state index is -0.929. The van der Waals surface area contributed by atoms with Crippen LogP contribution in [0.4, 0.5) is 0 Å². The SMILES string of the molecule is CCOC=CC(=O)C(=O)Oc1ccccc1. The molecule has 0 saturated heterocycles. The molecule has 0 fully saturated rings. The summed E-state index contributed by atoms with van der Waals surface area (Å²) in [4.78, 5) is 22.4. The van der Waals surface area contributed by atoms with Crippen LogP contribution in [-0.4, -0.2) is 18.4 Å². The van der Waals surface area contributed by atoms with Crippen molar-refractivity contribution in [1.29, 1.82) is 0 Å². The van der Waals surface area contributed by atoms with Crippen molar-refractivity contribution in [3.63, 3.8) is 0 Å². The summed E-state index contributed by atoms with van der Waals surface area (Å²) in [6, 6.07) is 8.40. The van der Waals surface area contributed by atoms with Gasteiger partial charge in [-0.25, -0.2) is 4.79 Å². The largest absolute Gasteiger partial charge is 0.501 e. The van der Waals surface area contributed by atoms with Gasteiger partial charge in [0.2, 0.25) is 0 Å². The van der Waals surface area contributed by atoms with Crippen molar-refractivity contribution >= 4 is 11.8 Å². The van der Waals surface area contributed by atoms with E-state index < -0.39 is 11.8 Å². The number of hydrogen-bond donors (Lipinski definition) is 0. The molecule has 84 valence electrons. The average Bonchev–Trinajstić information content (AvgIpc) is 2.30. The Kier molecular flexibility index (Phi) is 4.79. The first-order valence-corrected chi connectivity index (χ1v) is 4.83. The van der Waals surface area contributed by atoms with Gasteiger partial charge in [0.25, 0.3) is 5.78 Å². The summed E-state index contributed by atoms with van der Waals surface area (Å²) in [7, 11) is 0. The van der Waals surface area contributed by atoms with E-state index in [4.69, 9.17) is 9.47 Å². The second-order valence-electron chi connectivity index (χ2n) is 2.82. The molecule has 0 spiro atoms. The van der Waals surface area contributed by atoms with Crippen molar-refractivity contribution in [3.8, 4) is 5.75 Å². The molecule has 1 aromatic carbocycles. The maximum absolute atomic E-state index is 11.2. The van der Waals surface area contributed by atoms with Crippen molar-refractivity contribution in [3.05, 3.63) is 42.7 Å². The van der Waals surface area contributed by atoms with Crippen molar-refractivity contribution in [1.82, 2.24) is 0 Å². The van der Waals surface area contributed by atoms with E-state index in [1.54, 1.807) is 37.3 Å². The lowest BCUT2D eigenvalue weighted by molar-refractivity contribution is -0.144. The van der Waals surface area contributed by atoms with Gasteiger partial charge in [0.15, 0.2) is 0 Å². The van der Waals surface area contributed by atoms with Gasteiger partial charge >= 0.3 is 5.97 Å². The Morgan fingerprint density at radius 3 is 2.56 bits per heavy atom. The van der Waals surface area contributed by atoms with Gasteiger partial charge in [0.1, 0.15) is 5.75 Å². The third-order valence-corrected chi connectivity index (χ3v) is 1.64. The number of hydrogen-bond acceptors (Lipinski definition) is 4. The number of benzene rings is 1. The smallest absolute Gasteiger partial charge is 0.384 e. The molecule has 0 unspecified atom stereocenters.